The SMILES string of the molecule is Cc1cc(C)nc(NNC(=O)[C@H]2CC(=O)N(c3ccccc3Br)C2)n1. The number of nitrogens with one attached hydrogen (secondary N) is 2. The number of nitrogens with zero attached hydrogens (tertiary/aromatic N) is 3. The molecule has 0 spiro atoms. The lowest BCUT2D eigenvalue weighted by molar-refractivity contribution is -0.125. The standard InChI is InChI=1S/C17H18BrN5O2/c1-10-7-11(2)20-17(19-10)22-21-16(25)12-8-15(24)23(9-12)14-6-4-3-5-13(14)18/h3-7,12H,8-9H2,1-2H3,(H,21,25)(H,19,20,22)/t12-/m0/s1. The van der Waals surface area contributed by atoms with E-state index in [1.165, 1.54) is 0 Å². The van der Waals surface area contributed by atoms with Crippen LogP contribution in [0.3, 0.4) is 0 Å². The second-order valence-corrected chi connectivity index (χ2v) is 6.80. The number of rotatable bonds is 4. The quantitative estimate of drug-likeness (QED) is 0.764. The fourth-order valence-electron chi connectivity index (χ4n) is 2.79. The first-order chi connectivity index (χ1) is 11.9. The van der Waals surface area contributed by atoms with Gasteiger partial charge in [-0.2, -0.15) is 0 Å². The van der Waals surface area contributed by atoms with E-state index in [1.807, 2.05) is 44.2 Å². The zero-order valence-electron chi connectivity index (χ0n) is 13.9. The lowest BCUT2D eigenvalue weighted by Gasteiger charge is -2.18. The number of hydrogen-bond donors (Lipinski definition) is 2. The zero-order valence-corrected chi connectivity index (χ0v) is 15.5. The number of hydrogen-bond acceptors (Lipinski definition) is 5. The van der Waals surface area contributed by atoms with E-state index in [4.69, 9.17) is 0 Å². The van der Waals surface area contributed by atoms with Gasteiger partial charge in [-0.1, -0.05) is 12.1 Å². The molecule has 0 bridgehead atoms. The highest BCUT2D eigenvalue weighted by Gasteiger charge is 2.35. The molecule has 1 aromatic heterocycles. The van der Waals surface area contributed by atoms with Crippen LogP contribution in [-0.2, 0) is 9.59 Å². The maximum Gasteiger partial charge on any atom is 0.243 e. The molecular formula is C17H18BrN5O2. The highest BCUT2D eigenvalue weighted by molar-refractivity contribution is 9.10. The van der Waals surface area contributed by atoms with Crippen molar-refractivity contribution in [3.63, 3.8) is 0 Å². The molecular weight excluding hydrogens is 386 g/mol. The summed E-state index contributed by atoms with van der Waals surface area (Å²) in [5, 5.41) is 0. The summed E-state index contributed by atoms with van der Waals surface area (Å²) in [5.74, 6) is -0.434. The van der Waals surface area contributed by atoms with Crippen molar-refractivity contribution >= 4 is 39.4 Å². The van der Waals surface area contributed by atoms with E-state index in [9.17, 15) is 9.59 Å². The summed E-state index contributed by atoms with van der Waals surface area (Å²) >= 11 is 3.44. The molecule has 1 fully saturated rings. The van der Waals surface area contributed by atoms with Gasteiger partial charge in [0.1, 0.15) is 0 Å². The molecule has 0 unspecified atom stereocenters. The minimum Gasteiger partial charge on any atom is -0.310 e. The summed E-state index contributed by atoms with van der Waals surface area (Å²) in [6.45, 7) is 4.04. The predicted molar refractivity (Wildman–Crippen MR) is 97.9 cm³/mol. The minimum absolute atomic E-state index is 0.0744. The lowest BCUT2D eigenvalue weighted by Crippen LogP contribution is -2.37. The number of carbonyl (C=O) groups is 2. The summed E-state index contributed by atoms with van der Waals surface area (Å²) in [6.07, 6.45) is 0.169. The number of carbonyl (C=O) groups excluding carboxylic acids is 2. The van der Waals surface area contributed by atoms with Gasteiger partial charge in [-0.15, -0.1) is 0 Å². The molecule has 2 N–H and O–H groups in total. The number of aryl methyl sites for hydroxylation is 2. The molecule has 3 rings (SSSR count). The molecule has 8 heteroatoms. The fourth-order valence-corrected chi connectivity index (χ4v) is 3.29. The van der Waals surface area contributed by atoms with Crippen LogP contribution in [0.5, 0.6) is 0 Å². The number of amides is 2. The summed E-state index contributed by atoms with van der Waals surface area (Å²) in [5.41, 5.74) is 7.70. The molecule has 2 amide bonds. The Labute approximate surface area is 153 Å². The first-order valence-electron chi connectivity index (χ1n) is 7.87. The van der Waals surface area contributed by atoms with Crippen molar-refractivity contribution < 1.29 is 9.59 Å². The van der Waals surface area contributed by atoms with E-state index in [2.05, 4.69) is 36.7 Å². The number of benzene rings is 1. The fraction of sp³-hybridized carbons (Fsp3) is 0.294. The maximum atomic E-state index is 12.4. The predicted octanol–water partition coefficient (Wildman–Crippen LogP) is 2.35. The van der Waals surface area contributed by atoms with Crippen molar-refractivity contribution in [3.05, 3.63) is 46.2 Å². The summed E-state index contributed by atoms with van der Waals surface area (Å²) in [4.78, 5) is 34.7. The smallest absolute Gasteiger partial charge is 0.243 e. The van der Waals surface area contributed by atoms with Crippen LogP contribution >= 0.6 is 15.9 Å². The Morgan fingerprint density at radius 1 is 1.24 bits per heavy atom. The molecule has 2 heterocycles. The Hall–Kier alpha value is -2.48. The lowest BCUT2D eigenvalue weighted by atomic mass is 10.1. The van der Waals surface area contributed by atoms with Crippen LogP contribution in [0.25, 0.3) is 0 Å². The summed E-state index contributed by atoms with van der Waals surface area (Å²) < 4.78 is 0.825. The van der Waals surface area contributed by atoms with Gasteiger partial charge in [0, 0.05) is 28.8 Å². The highest BCUT2D eigenvalue weighted by Crippen LogP contribution is 2.31. The van der Waals surface area contributed by atoms with Gasteiger partial charge in [0.15, 0.2) is 0 Å². The Morgan fingerprint density at radius 2 is 1.92 bits per heavy atom. The molecule has 1 aliphatic rings. The maximum absolute atomic E-state index is 12.4. The second-order valence-electron chi connectivity index (χ2n) is 5.95. The van der Waals surface area contributed by atoms with E-state index in [0.717, 1.165) is 21.5 Å². The van der Waals surface area contributed by atoms with Crippen LogP contribution in [0.15, 0.2) is 34.8 Å². The van der Waals surface area contributed by atoms with Crippen molar-refractivity contribution in [1.82, 2.24) is 15.4 Å². The van der Waals surface area contributed by atoms with Crippen LogP contribution in [0.4, 0.5) is 11.6 Å². The molecule has 130 valence electrons. The summed E-state index contributed by atoms with van der Waals surface area (Å²) in [6, 6.07) is 9.31. The number of hydrazine groups is 1. The Kier molecular flexibility index (Phi) is 4.98. The first-order valence-corrected chi connectivity index (χ1v) is 8.66. The average Bonchev–Trinajstić information content (AvgIpc) is 2.94. The van der Waals surface area contributed by atoms with Crippen LogP contribution in [0, 0.1) is 19.8 Å². The molecule has 0 aliphatic carbocycles. The molecule has 1 aromatic carbocycles. The van der Waals surface area contributed by atoms with E-state index in [0.29, 0.717) is 12.5 Å². The normalized spacial score (nSPS) is 16.8. The molecule has 1 atom stereocenters. The van der Waals surface area contributed by atoms with Gasteiger partial charge in [-0.25, -0.2) is 9.97 Å². The van der Waals surface area contributed by atoms with E-state index < -0.39 is 5.92 Å². The van der Waals surface area contributed by atoms with E-state index in [1.54, 1.807) is 4.90 Å². The summed E-state index contributed by atoms with van der Waals surface area (Å²) in [7, 11) is 0. The number of halogens is 1. The van der Waals surface area contributed by atoms with Crippen molar-refractivity contribution in [2.75, 3.05) is 16.9 Å². The monoisotopic (exact) mass is 403 g/mol. The third kappa shape index (κ3) is 3.96. The molecule has 2 aromatic rings. The van der Waals surface area contributed by atoms with Crippen molar-refractivity contribution in [1.29, 1.82) is 0 Å². The second kappa shape index (κ2) is 7.18. The molecule has 1 aliphatic heterocycles. The Bertz CT molecular complexity index is 806. The number of aromatic nitrogens is 2. The number of anilines is 2. The van der Waals surface area contributed by atoms with Gasteiger partial charge in [-0.3, -0.25) is 20.4 Å². The van der Waals surface area contributed by atoms with Crippen LogP contribution in [-0.4, -0.2) is 28.3 Å². The Balaban J connectivity index is 1.64. The van der Waals surface area contributed by atoms with Gasteiger partial charge in [0.25, 0.3) is 0 Å². The van der Waals surface area contributed by atoms with Gasteiger partial charge >= 0.3 is 0 Å². The highest BCUT2D eigenvalue weighted by atomic mass is 79.9. The number of para-hydroxylation sites is 1. The van der Waals surface area contributed by atoms with Crippen molar-refractivity contribution in [2.45, 2.75) is 20.3 Å². The molecule has 7 nitrogen and oxygen atoms in total. The van der Waals surface area contributed by atoms with Crippen molar-refractivity contribution in [3.8, 4) is 0 Å². The molecule has 25 heavy (non-hydrogen) atoms. The van der Waals surface area contributed by atoms with E-state index in [-0.39, 0.29) is 18.2 Å². The third-order valence-electron chi connectivity index (χ3n) is 3.92. The van der Waals surface area contributed by atoms with Crippen molar-refractivity contribution in [2.24, 2.45) is 5.92 Å². The van der Waals surface area contributed by atoms with Gasteiger partial charge in [-0.05, 0) is 48.0 Å². The molecule has 0 saturated carbocycles. The van der Waals surface area contributed by atoms with Gasteiger partial charge < -0.3 is 4.90 Å². The third-order valence-corrected chi connectivity index (χ3v) is 4.59. The topological polar surface area (TPSA) is 87.2 Å². The molecule has 1 saturated heterocycles. The average molecular weight is 404 g/mol. The van der Waals surface area contributed by atoms with Crippen LogP contribution in [0.1, 0.15) is 17.8 Å². The molecule has 0 radical (unpaired) electrons. The van der Waals surface area contributed by atoms with E-state index >= 15 is 0 Å². The largest absolute Gasteiger partial charge is 0.310 e. The van der Waals surface area contributed by atoms with Gasteiger partial charge in [0.2, 0.25) is 17.8 Å². The first kappa shape index (κ1) is 17.3. The van der Waals surface area contributed by atoms with Crippen LogP contribution < -0.4 is 15.8 Å². The van der Waals surface area contributed by atoms with Crippen LogP contribution in [0.2, 0.25) is 0 Å². The zero-order chi connectivity index (χ0) is 18.0. The van der Waals surface area contributed by atoms with Gasteiger partial charge in [0.05, 0.1) is 11.6 Å². The Morgan fingerprint density at radius 3 is 2.60 bits per heavy atom. The minimum atomic E-state index is -0.432.